The molecule has 0 heterocycles. The van der Waals surface area contributed by atoms with Gasteiger partial charge in [0.15, 0.2) is 0 Å². The number of nitrogens with one attached hydrogen (secondary N) is 1. The molecular weight excluding hydrogens is 564 g/mol. The van der Waals surface area contributed by atoms with Crippen LogP contribution in [-0.4, -0.2) is 26.0 Å². The average molecular weight is 582 g/mol. The molecule has 1 amide bonds. The number of halogens is 2. The first-order chi connectivity index (χ1) is 17.5. The fourth-order valence-electron chi connectivity index (χ4n) is 3.66. The minimum absolute atomic E-state index is 0. The van der Waals surface area contributed by atoms with Gasteiger partial charge in [0.25, 0.3) is 16.0 Å². The summed E-state index contributed by atoms with van der Waals surface area (Å²) in [5, 5.41) is 25.5. The van der Waals surface area contributed by atoms with Crippen molar-refractivity contribution in [1.29, 1.82) is 0 Å². The number of anilines is 1. The summed E-state index contributed by atoms with van der Waals surface area (Å²) >= 11 is 12.0. The Balaban J connectivity index is 0.00000400. The van der Waals surface area contributed by atoms with E-state index in [0.29, 0.717) is 21.5 Å². The summed E-state index contributed by atoms with van der Waals surface area (Å²) in [5.41, 5.74) is 0.00437. The van der Waals surface area contributed by atoms with Crippen LogP contribution in [0.15, 0.2) is 75.8 Å². The van der Waals surface area contributed by atoms with Crippen molar-refractivity contribution in [3.8, 4) is 11.5 Å². The molecule has 0 radical (unpaired) electrons. The molecule has 0 atom stereocenters. The van der Waals surface area contributed by atoms with E-state index in [4.69, 9.17) is 27.9 Å². The molecule has 4 rings (SSSR count). The molecule has 2 N–H and O–H groups in total. The normalized spacial score (nSPS) is 11.4. The summed E-state index contributed by atoms with van der Waals surface area (Å²) in [4.78, 5) is 12.7. The number of methoxy groups -OCH3 is 1. The minimum atomic E-state index is -4.58. The van der Waals surface area contributed by atoms with Crippen LogP contribution in [0.4, 0.5) is 17.1 Å². The van der Waals surface area contributed by atoms with Gasteiger partial charge in [0.05, 0.1) is 24.2 Å². The number of ether oxygens (including phenoxy) is 1. The van der Waals surface area contributed by atoms with Crippen LogP contribution in [-0.2, 0) is 10.1 Å². The van der Waals surface area contributed by atoms with Crippen LogP contribution in [0.3, 0.4) is 0 Å². The zero-order chi connectivity index (χ0) is 26.9. The molecule has 13 heteroatoms. The molecule has 0 saturated heterocycles. The van der Waals surface area contributed by atoms with Crippen molar-refractivity contribution in [2.24, 2.45) is 10.2 Å². The Kier molecular flexibility index (Phi) is 9.43. The van der Waals surface area contributed by atoms with Crippen molar-refractivity contribution in [3.05, 3.63) is 81.8 Å². The Bertz CT molecular complexity index is 1700. The van der Waals surface area contributed by atoms with E-state index in [1.54, 1.807) is 36.4 Å². The molecule has 4 aromatic carbocycles. The minimum Gasteiger partial charge on any atom is -0.870 e. The third-order valence-electron chi connectivity index (χ3n) is 5.46. The van der Waals surface area contributed by atoms with Crippen molar-refractivity contribution in [2.45, 2.75) is 11.8 Å². The van der Waals surface area contributed by atoms with Crippen LogP contribution >= 0.6 is 23.2 Å². The van der Waals surface area contributed by atoms with Gasteiger partial charge in [0, 0.05) is 21.0 Å². The molecule has 0 bridgehead atoms. The van der Waals surface area contributed by atoms with E-state index in [9.17, 15) is 22.9 Å². The number of amides is 1. The molecule has 190 valence electrons. The van der Waals surface area contributed by atoms with Gasteiger partial charge in [0.2, 0.25) is 0 Å². The number of hydrogen-bond acceptors (Lipinski definition) is 7. The van der Waals surface area contributed by atoms with E-state index < -0.39 is 26.7 Å². The molecule has 38 heavy (non-hydrogen) atoms. The third kappa shape index (κ3) is 6.29. The maximum atomic E-state index is 13.4. The van der Waals surface area contributed by atoms with E-state index in [0.717, 1.165) is 6.07 Å². The zero-order valence-electron chi connectivity index (χ0n) is 20.3. The Hall–Kier alpha value is -2.70. The number of carbonyl (C=O) groups is 1. The molecule has 0 unspecified atom stereocenters. The summed E-state index contributed by atoms with van der Waals surface area (Å²) in [7, 11) is -3.15. The number of hydrogen-bond donors (Lipinski definition) is 2. The van der Waals surface area contributed by atoms with Crippen molar-refractivity contribution in [2.75, 3.05) is 12.4 Å². The molecule has 9 nitrogen and oxygen atoms in total. The van der Waals surface area contributed by atoms with Crippen LogP contribution in [0.2, 0.25) is 10.0 Å². The van der Waals surface area contributed by atoms with Gasteiger partial charge < -0.3 is 15.2 Å². The molecule has 0 fully saturated rings. The molecule has 0 aliphatic carbocycles. The predicted molar refractivity (Wildman–Crippen MR) is 140 cm³/mol. The van der Waals surface area contributed by atoms with Gasteiger partial charge in [-0.05, 0) is 54.3 Å². The smallest absolute Gasteiger partial charge is 0.870 e. The number of carbonyl (C=O) groups excluding carboxylic acids is 1. The Morgan fingerprint density at radius 2 is 1.74 bits per heavy atom. The van der Waals surface area contributed by atoms with Crippen molar-refractivity contribution >= 4 is 67.1 Å². The Labute approximate surface area is 250 Å². The first-order valence-corrected chi connectivity index (χ1v) is 12.8. The number of fused-ring (bicyclic) bond motifs is 1. The maximum Gasteiger partial charge on any atom is 1.00 e. The summed E-state index contributed by atoms with van der Waals surface area (Å²) in [5.74, 6) is -1.09. The van der Waals surface area contributed by atoms with E-state index in [1.807, 2.05) is 0 Å². The standard InChI is InChI=1S/C25H19Cl2N3O6S.Na/c1-13-19(11-16(27)12-22(13)37(33,34)35)29-30-23-17-6-4-3-5-14(17)9-18(24(23)31)25(32)28-20-10-15(26)7-8-21(20)36-2;/h3-12,31H,1-2H3,(H,28,32)(H,33,34,35);/q;+1/p-1. The van der Waals surface area contributed by atoms with Crippen LogP contribution < -0.4 is 44.7 Å². The first-order valence-electron chi connectivity index (χ1n) is 10.6. The molecular formula is C25H18Cl2N3NaO6S. The SMILES string of the molecule is COc1ccc(Cl)cc1NC(=O)c1cc2ccccc2c(N=Nc2cc(Cl)cc(S(=O)(=O)O)c2C)c1[O-].[Na+]. The van der Waals surface area contributed by atoms with E-state index in [2.05, 4.69) is 15.5 Å². The fraction of sp³-hybridized carbons (Fsp3) is 0.0800. The maximum absolute atomic E-state index is 13.4. The van der Waals surface area contributed by atoms with Crippen LogP contribution in [0.1, 0.15) is 15.9 Å². The summed E-state index contributed by atoms with van der Waals surface area (Å²) in [6, 6.07) is 15.3. The fourth-order valence-corrected chi connectivity index (χ4v) is 4.88. The van der Waals surface area contributed by atoms with Gasteiger partial charge in [0.1, 0.15) is 10.6 Å². The predicted octanol–water partition coefficient (Wildman–Crippen LogP) is 3.46. The average Bonchev–Trinajstić information content (AvgIpc) is 2.84. The van der Waals surface area contributed by atoms with Crippen molar-refractivity contribution < 1.29 is 57.2 Å². The topological polar surface area (TPSA) is 140 Å². The molecule has 0 saturated carbocycles. The molecule has 0 aliphatic rings. The van der Waals surface area contributed by atoms with E-state index >= 15 is 0 Å². The molecule has 0 aliphatic heterocycles. The zero-order valence-corrected chi connectivity index (χ0v) is 24.6. The second-order valence-corrected chi connectivity index (χ2v) is 10.1. The summed E-state index contributed by atoms with van der Waals surface area (Å²) in [6.07, 6.45) is 0. The van der Waals surface area contributed by atoms with Gasteiger partial charge in [-0.1, -0.05) is 53.2 Å². The summed E-state index contributed by atoms with van der Waals surface area (Å²) in [6.45, 7) is 1.41. The van der Waals surface area contributed by atoms with Crippen molar-refractivity contribution in [3.63, 3.8) is 0 Å². The van der Waals surface area contributed by atoms with Gasteiger partial charge in [-0.15, -0.1) is 0 Å². The van der Waals surface area contributed by atoms with E-state index in [1.165, 1.54) is 32.2 Å². The van der Waals surface area contributed by atoms with Gasteiger partial charge >= 0.3 is 29.6 Å². The number of nitrogens with zero attached hydrogens (tertiary/aromatic N) is 2. The van der Waals surface area contributed by atoms with E-state index in [-0.39, 0.29) is 62.8 Å². The number of benzene rings is 4. The van der Waals surface area contributed by atoms with Crippen LogP contribution in [0, 0.1) is 6.92 Å². The number of azo groups is 1. The van der Waals surface area contributed by atoms with Gasteiger partial charge in [-0.2, -0.15) is 18.6 Å². The molecule has 0 spiro atoms. The third-order valence-corrected chi connectivity index (χ3v) is 6.90. The van der Waals surface area contributed by atoms with Gasteiger partial charge in [-0.25, -0.2) is 0 Å². The van der Waals surface area contributed by atoms with Crippen molar-refractivity contribution in [1.82, 2.24) is 0 Å². The monoisotopic (exact) mass is 581 g/mol. The summed E-state index contributed by atoms with van der Waals surface area (Å²) < 4.78 is 38.2. The Morgan fingerprint density at radius 1 is 1.03 bits per heavy atom. The largest absolute Gasteiger partial charge is 1.00 e. The first kappa shape index (κ1) is 29.9. The quantitative estimate of drug-likeness (QED) is 0.203. The van der Waals surface area contributed by atoms with Crippen LogP contribution in [0.25, 0.3) is 10.8 Å². The Morgan fingerprint density at radius 3 is 2.42 bits per heavy atom. The van der Waals surface area contributed by atoms with Crippen LogP contribution in [0.5, 0.6) is 11.5 Å². The molecule has 4 aromatic rings. The van der Waals surface area contributed by atoms with Gasteiger partial charge in [-0.3, -0.25) is 9.35 Å². The second kappa shape index (κ2) is 12.0. The number of rotatable bonds is 6. The second-order valence-electron chi connectivity index (χ2n) is 7.84. The molecule has 0 aromatic heterocycles.